The lowest BCUT2D eigenvalue weighted by Gasteiger charge is -2.16. The van der Waals surface area contributed by atoms with Gasteiger partial charge in [-0.3, -0.25) is 9.59 Å². The Morgan fingerprint density at radius 2 is 1.86 bits per heavy atom. The van der Waals surface area contributed by atoms with E-state index in [0.717, 1.165) is 4.90 Å². The van der Waals surface area contributed by atoms with Crippen molar-refractivity contribution < 1.29 is 23.9 Å². The molecular weight excluding hydrogens is 384 g/mol. The van der Waals surface area contributed by atoms with Crippen LogP contribution in [-0.4, -0.2) is 31.5 Å². The maximum absolute atomic E-state index is 12.8. The molecule has 1 heterocycles. The van der Waals surface area contributed by atoms with E-state index in [9.17, 15) is 14.4 Å². The molecule has 8 heteroatoms. The molecule has 1 aliphatic rings. The van der Waals surface area contributed by atoms with Gasteiger partial charge < -0.3 is 14.8 Å². The number of halogens is 1. The molecule has 0 unspecified atom stereocenters. The molecule has 28 heavy (non-hydrogen) atoms. The molecule has 0 saturated heterocycles. The first-order chi connectivity index (χ1) is 13.5. The number of hydrogen-bond donors (Lipinski definition) is 1. The summed E-state index contributed by atoms with van der Waals surface area (Å²) in [5, 5.41) is 2.59. The molecule has 2 aromatic rings. The van der Waals surface area contributed by atoms with Crippen molar-refractivity contribution in [2.75, 3.05) is 23.9 Å². The third kappa shape index (κ3) is 3.70. The number of imide groups is 1. The number of ether oxygens (including phenoxy) is 2. The number of methoxy groups -OCH3 is 1. The highest BCUT2D eigenvalue weighted by Gasteiger charge is 2.39. The van der Waals surface area contributed by atoms with Crippen molar-refractivity contribution in [2.45, 2.75) is 6.92 Å². The number of carbonyl (C=O) groups excluding carboxylic acids is 3. The molecule has 1 aliphatic heterocycles. The first kappa shape index (κ1) is 19.4. The number of nitrogens with one attached hydrogen (secondary N) is 1. The van der Waals surface area contributed by atoms with Crippen molar-refractivity contribution in [1.29, 1.82) is 0 Å². The van der Waals surface area contributed by atoms with Crippen LogP contribution in [0.3, 0.4) is 0 Å². The monoisotopic (exact) mass is 400 g/mol. The predicted octanol–water partition coefficient (Wildman–Crippen LogP) is 3.31. The van der Waals surface area contributed by atoms with Crippen LogP contribution in [0, 0.1) is 0 Å². The van der Waals surface area contributed by atoms with E-state index in [1.165, 1.54) is 13.2 Å². The van der Waals surface area contributed by atoms with E-state index in [0.29, 0.717) is 22.7 Å². The second-order valence-electron chi connectivity index (χ2n) is 5.76. The predicted molar refractivity (Wildman–Crippen MR) is 104 cm³/mol. The molecule has 2 amide bonds. The van der Waals surface area contributed by atoms with Crippen LogP contribution >= 0.6 is 11.6 Å². The maximum atomic E-state index is 12.8. The van der Waals surface area contributed by atoms with E-state index in [-0.39, 0.29) is 17.3 Å². The zero-order chi connectivity index (χ0) is 20.3. The molecule has 0 bridgehead atoms. The highest BCUT2D eigenvalue weighted by atomic mass is 35.5. The molecule has 0 atom stereocenters. The van der Waals surface area contributed by atoms with Gasteiger partial charge in [-0.2, -0.15) is 0 Å². The topological polar surface area (TPSA) is 84.9 Å². The SMILES string of the molecule is CCOC(=O)c1cccc(NC2=C(Cl)C(=O)N(c3cccc(OC)c3)C2=O)c1. The van der Waals surface area contributed by atoms with Crippen molar-refractivity contribution in [1.82, 2.24) is 0 Å². The first-order valence-corrected chi connectivity index (χ1v) is 8.81. The van der Waals surface area contributed by atoms with Gasteiger partial charge in [-0.1, -0.05) is 23.7 Å². The van der Waals surface area contributed by atoms with E-state index < -0.39 is 17.8 Å². The summed E-state index contributed by atoms with van der Waals surface area (Å²) in [5.41, 5.74) is 0.998. The van der Waals surface area contributed by atoms with Crippen LogP contribution in [0.4, 0.5) is 11.4 Å². The van der Waals surface area contributed by atoms with Gasteiger partial charge in [0.15, 0.2) is 0 Å². The van der Waals surface area contributed by atoms with Gasteiger partial charge in [0.2, 0.25) is 0 Å². The number of hydrogen-bond acceptors (Lipinski definition) is 6. The van der Waals surface area contributed by atoms with Crippen LogP contribution in [0.1, 0.15) is 17.3 Å². The Morgan fingerprint density at radius 3 is 2.57 bits per heavy atom. The smallest absolute Gasteiger partial charge is 0.338 e. The summed E-state index contributed by atoms with van der Waals surface area (Å²) >= 11 is 6.13. The lowest BCUT2D eigenvalue weighted by molar-refractivity contribution is -0.120. The molecule has 0 radical (unpaired) electrons. The van der Waals surface area contributed by atoms with E-state index >= 15 is 0 Å². The summed E-state index contributed by atoms with van der Waals surface area (Å²) in [5.74, 6) is -1.25. The minimum Gasteiger partial charge on any atom is -0.497 e. The normalized spacial score (nSPS) is 13.8. The average Bonchev–Trinajstić information content (AvgIpc) is 2.91. The lowest BCUT2D eigenvalue weighted by Crippen LogP contribution is -2.32. The summed E-state index contributed by atoms with van der Waals surface area (Å²) < 4.78 is 10.1. The van der Waals surface area contributed by atoms with Gasteiger partial charge in [0.25, 0.3) is 11.8 Å². The van der Waals surface area contributed by atoms with Gasteiger partial charge in [-0.05, 0) is 37.3 Å². The van der Waals surface area contributed by atoms with Gasteiger partial charge >= 0.3 is 5.97 Å². The minimum absolute atomic E-state index is 0.0736. The maximum Gasteiger partial charge on any atom is 0.338 e. The molecule has 0 fully saturated rings. The number of nitrogens with zero attached hydrogens (tertiary/aromatic N) is 1. The molecule has 0 aromatic heterocycles. The van der Waals surface area contributed by atoms with Crippen molar-refractivity contribution in [3.8, 4) is 5.75 Å². The van der Waals surface area contributed by atoms with Crippen LogP contribution in [0.25, 0.3) is 0 Å². The fraction of sp³-hybridized carbons (Fsp3) is 0.150. The second kappa shape index (κ2) is 8.14. The minimum atomic E-state index is -0.649. The van der Waals surface area contributed by atoms with Crippen LogP contribution < -0.4 is 15.0 Å². The fourth-order valence-corrected chi connectivity index (χ4v) is 2.89. The highest BCUT2D eigenvalue weighted by Crippen LogP contribution is 2.31. The molecule has 7 nitrogen and oxygen atoms in total. The van der Waals surface area contributed by atoms with E-state index in [4.69, 9.17) is 21.1 Å². The summed E-state index contributed by atoms with van der Waals surface area (Å²) in [4.78, 5) is 38.2. The lowest BCUT2D eigenvalue weighted by atomic mass is 10.2. The van der Waals surface area contributed by atoms with E-state index in [1.807, 2.05) is 0 Å². The molecule has 3 rings (SSSR count). The van der Waals surface area contributed by atoms with Crippen LogP contribution in [0.15, 0.2) is 59.3 Å². The third-order valence-corrected chi connectivity index (χ3v) is 4.33. The average molecular weight is 401 g/mol. The Labute approximate surface area is 166 Å². The Balaban J connectivity index is 1.87. The molecule has 2 aromatic carbocycles. The van der Waals surface area contributed by atoms with Gasteiger partial charge in [-0.15, -0.1) is 0 Å². The van der Waals surface area contributed by atoms with E-state index in [2.05, 4.69) is 5.32 Å². The fourth-order valence-electron chi connectivity index (χ4n) is 2.68. The molecule has 0 aliphatic carbocycles. The largest absolute Gasteiger partial charge is 0.497 e. The van der Waals surface area contributed by atoms with Gasteiger partial charge in [-0.25, -0.2) is 9.69 Å². The number of benzene rings is 2. The molecule has 1 N–H and O–H groups in total. The van der Waals surface area contributed by atoms with Crippen molar-refractivity contribution in [3.63, 3.8) is 0 Å². The zero-order valence-corrected chi connectivity index (χ0v) is 15.9. The number of rotatable bonds is 6. The molecule has 0 spiro atoms. The zero-order valence-electron chi connectivity index (χ0n) is 15.2. The molecular formula is C20H17ClN2O5. The number of anilines is 2. The molecule has 144 valence electrons. The van der Waals surface area contributed by atoms with Crippen LogP contribution in [0.2, 0.25) is 0 Å². The quantitative estimate of drug-likeness (QED) is 0.591. The number of esters is 1. The standard InChI is InChI=1S/C20H17ClN2O5/c1-3-28-20(26)12-6-4-7-13(10-12)22-17-16(21)18(24)23(19(17)25)14-8-5-9-15(11-14)27-2/h4-11,22H,3H2,1-2H3. The van der Waals surface area contributed by atoms with Crippen molar-refractivity contribution >= 4 is 40.8 Å². The van der Waals surface area contributed by atoms with Crippen molar-refractivity contribution in [3.05, 3.63) is 64.8 Å². The van der Waals surface area contributed by atoms with Crippen molar-refractivity contribution in [2.24, 2.45) is 0 Å². The Morgan fingerprint density at radius 1 is 1.11 bits per heavy atom. The highest BCUT2D eigenvalue weighted by molar-refractivity contribution is 6.53. The van der Waals surface area contributed by atoms with Crippen LogP contribution in [0.5, 0.6) is 5.75 Å². The van der Waals surface area contributed by atoms with Gasteiger partial charge in [0.1, 0.15) is 16.5 Å². The van der Waals surface area contributed by atoms with Gasteiger partial charge in [0.05, 0.1) is 25.0 Å². The summed E-state index contributed by atoms with van der Waals surface area (Å²) in [6.45, 7) is 1.95. The van der Waals surface area contributed by atoms with Crippen LogP contribution in [-0.2, 0) is 14.3 Å². The summed E-state index contributed by atoms with van der Waals surface area (Å²) in [6, 6.07) is 12.9. The summed E-state index contributed by atoms with van der Waals surface area (Å²) in [7, 11) is 1.49. The van der Waals surface area contributed by atoms with Gasteiger partial charge in [0, 0.05) is 11.8 Å². The van der Waals surface area contributed by atoms with E-state index in [1.54, 1.807) is 49.4 Å². The Hall–Kier alpha value is -3.32. The first-order valence-electron chi connectivity index (χ1n) is 8.43. The Kier molecular flexibility index (Phi) is 5.65. The Bertz CT molecular complexity index is 986. The second-order valence-corrected chi connectivity index (χ2v) is 6.14. The molecule has 0 saturated carbocycles. The summed E-state index contributed by atoms with van der Waals surface area (Å²) in [6.07, 6.45) is 0. The number of amides is 2. The third-order valence-electron chi connectivity index (χ3n) is 3.98. The number of carbonyl (C=O) groups is 3.